The van der Waals surface area contributed by atoms with Crippen molar-refractivity contribution in [2.45, 2.75) is 47.5 Å². The Morgan fingerprint density at radius 1 is 1.00 bits per heavy atom. The minimum absolute atomic E-state index is 0.0358. The van der Waals surface area contributed by atoms with Gasteiger partial charge in [0.2, 0.25) is 11.8 Å². The van der Waals surface area contributed by atoms with Gasteiger partial charge in [0.25, 0.3) is 0 Å². The van der Waals surface area contributed by atoms with Crippen molar-refractivity contribution < 1.29 is 9.59 Å². The molecule has 3 aliphatic rings. The van der Waals surface area contributed by atoms with E-state index < -0.39 is 0 Å². The van der Waals surface area contributed by atoms with Gasteiger partial charge in [-0.2, -0.15) is 0 Å². The first-order chi connectivity index (χ1) is 13.8. The molecule has 150 valence electrons. The van der Waals surface area contributed by atoms with Gasteiger partial charge in [-0.25, -0.2) is 9.88 Å². The predicted octanol–water partition coefficient (Wildman–Crippen LogP) is 5.22. The Kier molecular flexibility index (Phi) is 4.11. The van der Waals surface area contributed by atoms with Gasteiger partial charge in [0, 0.05) is 10.4 Å². The average molecular weight is 407 g/mol. The third-order valence-electron chi connectivity index (χ3n) is 7.19. The highest BCUT2D eigenvalue weighted by Gasteiger charge is 2.64. The number of rotatable bonds is 2. The van der Waals surface area contributed by atoms with Gasteiger partial charge in [0.1, 0.15) is 0 Å². The van der Waals surface area contributed by atoms with Crippen molar-refractivity contribution in [2.24, 2.45) is 23.7 Å². The number of carbonyl (C=O) groups excluding carboxylic acids is 2. The number of hydrogen-bond acceptors (Lipinski definition) is 4. The molecule has 0 radical (unpaired) electrons. The van der Waals surface area contributed by atoms with E-state index in [2.05, 4.69) is 45.9 Å². The predicted molar refractivity (Wildman–Crippen MR) is 116 cm³/mol. The summed E-state index contributed by atoms with van der Waals surface area (Å²) < 4.78 is 0. The summed E-state index contributed by atoms with van der Waals surface area (Å²) >= 11 is 1.45. The lowest BCUT2D eigenvalue weighted by molar-refractivity contribution is -0.123. The highest BCUT2D eigenvalue weighted by Crippen LogP contribution is 2.60. The van der Waals surface area contributed by atoms with Crippen LogP contribution in [-0.2, 0) is 9.59 Å². The second-order valence-corrected chi connectivity index (χ2v) is 10.2. The summed E-state index contributed by atoms with van der Waals surface area (Å²) in [6, 6.07) is 6.29. The van der Waals surface area contributed by atoms with Crippen molar-refractivity contribution in [2.75, 3.05) is 4.90 Å². The molecule has 2 saturated carbocycles. The maximum atomic E-state index is 13.4. The summed E-state index contributed by atoms with van der Waals surface area (Å²) in [5.41, 5.74) is 7.04. The monoisotopic (exact) mass is 406 g/mol. The fourth-order valence-electron chi connectivity index (χ4n) is 5.81. The van der Waals surface area contributed by atoms with Crippen LogP contribution in [0.3, 0.4) is 0 Å². The maximum absolute atomic E-state index is 13.4. The third-order valence-corrected chi connectivity index (χ3v) is 8.14. The number of aryl methyl sites for hydroxylation is 3. The number of anilines is 1. The molecule has 0 spiro atoms. The Morgan fingerprint density at radius 3 is 2.17 bits per heavy atom. The fraction of sp³-hybridized carbons (Fsp3) is 0.458. The van der Waals surface area contributed by atoms with Gasteiger partial charge < -0.3 is 0 Å². The van der Waals surface area contributed by atoms with Crippen molar-refractivity contribution in [3.8, 4) is 11.3 Å². The molecule has 1 aliphatic heterocycles. The van der Waals surface area contributed by atoms with E-state index in [1.807, 2.05) is 6.92 Å². The van der Waals surface area contributed by atoms with Crippen molar-refractivity contribution >= 4 is 28.3 Å². The van der Waals surface area contributed by atoms with Crippen LogP contribution in [0.4, 0.5) is 5.13 Å². The van der Waals surface area contributed by atoms with Crippen LogP contribution >= 0.6 is 11.3 Å². The topological polar surface area (TPSA) is 50.3 Å². The van der Waals surface area contributed by atoms with Crippen LogP contribution in [0.25, 0.3) is 11.3 Å². The minimum atomic E-state index is -0.180. The van der Waals surface area contributed by atoms with Gasteiger partial charge in [-0.3, -0.25) is 9.59 Å². The number of aromatic nitrogens is 1. The standard InChI is InChI=1S/C24H26N2O2S/c1-11(2)18-16-8-9-17(18)20-19(16)22(27)26(23(20)28)24-25-21(14(5)29-24)15-7-6-12(3)13(4)10-15/h6-7,10,16-17,19-20H,8-9H2,1-5H3/t16-,17-,19-,20-/m0/s1. The van der Waals surface area contributed by atoms with Gasteiger partial charge in [-0.1, -0.05) is 23.3 Å². The normalized spacial score (nSPS) is 27.9. The first-order valence-electron chi connectivity index (χ1n) is 10.4. The van der Waals surface area contributed by atoms with Crippen molar-refractivity contribution in [3.63, 3.8) is 0 Å². The summed E-state index contributed by atoms with van der Waals surface area (Å²) in [4.78, 5) is 33.9. The van der Waals surface area contributed by atoms with E-state index in [1.54, 1.807) is 0 Å². The largest absolute Gasteiger partial charge is 0.274 e. The van der Waals surface area contributed by atoms with Gasteiger partial charge >= 0.3 is 0 Å². The summed E-state index contributed by atoms with van der Waals surface area (Å²) in [5, 5.41) is 0.540. The number of amides is 2. The van der Waals surface area contributed by atoms with Gasteiger partial charge in [-0.15, -0.1) is 11.3 Å². The molecule has 29 heavy (non-hydrogen) atoms. The third kappa shape index (κ3) is 2.53. The zero-order valence-electron chi connectivity index (χ0n) is 17.6. The van der Waals surface area contributed by atoms with Crippen LogP contribution < -0.4 is 4.90 Å². The SMILES string of the molecule is CC(C)=C1[C@@H]2CC[C@@H]1[C@@H]1C(=O)N(c3nc(-c4ccc(C)c(C)c4)c(C)s3)C(=O)[C@H]12. The molecule has 0 unspecified atom stereocenters. The van der Waals surface area contributed by atoms with Crippen LogP contribution in [0.2, 0.25) is 0 Å². The molecule has 4 atom stereocenters. The minimum Gasteiger partial charge on any atom is -0.274 e. The molecule has 2 heterocycles. The number of allylic oxidation sites excluding steroid dienone is 2. The van der Waals surface area contributed by atoms with Gasteiger partial charge in [-0.05, 0) is 76.5 Å². The summed E-state index contributed by atoms with van der Waals surface area (Å²) in [7, 11) is 0. The van der Waals surface area contributed by atoms with E-state index in [-0.39, 0.29) is 35.5 Å². The molecular formula is C24H26N2O2S. The van der Waals surface area contributed by atoms with E-state index in [1.165, 1.54) is 38.5 Å². The number of nitrogens with zero attached hydrogens (tertiary/aromatic N) is 2. The lowest BCUT2D eigenvalue weighted by atomic mass is 9.81. The molecule has 1 aromatic heterocycles. The van der Waals surface area contributed by atoms with Gasteiger partial charge in [0.05, 0.1) is 17.5 Å². The van der Waals surface area contributed by atoms with Crippen LogP contribution in [0.15, 0.2) is 29.3 Å². The first kappa shape index (κ1) is 18.7. The van der Waals surface area contributed by atoms with Crippen molar-refractivity contribution in [1.82, 2.24) is 4.98 Å². The van der Waals surface area contributed by atoms with E-state index in [9.17, 15) is 9.59 Å². The van der Waals surface area contributed by atoms with Crippen LogP contribution in [-0.4, -0.2) is 16.8 Å². The Morgan fingerprint density at radius 2 is 1.62 bits per heavy atom. The molecule has 0 N–H and O–H groups in total. The molecule has 5 rings (SSSR count). The zero-order chi connectivity index (χ0) is 20.6. The second-order valence-electron chi connectivity index (χ2n) is 9.01. The Balaban J connectivity index is 1.52. The molecular weight excluding hydrogens is 380 g/mol. The Bertz CT molecular complexity index is 1060. The molecule has 4 nitrogen and oxygen atoms in total. The number of thiazole rings is 1. The smallest absolute Gasteiger partial charge is 0.240 e. The highest BCUT2D eigenvalue weighted by atomic mass is 32.1. The Labute approximate surface area is 175 Å². The first-order valence-corrected chi connectivity index (χ1v) is 11.2. The van der Waals surface area contributed by atoms with Gasteiger partial charge in [0.15, 0.2) is 5.13 Å². The number of fused-ring (bicyclic) bond motifs is 5. The molecule has 5 heteroatoms. The number of imide groups is 1. The molecule has 2 bridgehead atoms. The lowest BCUT2D eigenvalue weighted by Crippen LogP contribution is -2.33. The van der Waals surface area contributed by atoms with Crippen LogP contribution in [0, 0.1) is 44.4 Å². The van der Waals surface area contributed by atoms with Crippen LogP contribution in [0.1, 0.15) is 42.7 Å². The van der Waals surface area contributed by atoms with Crippen molar-refractivity contribution in [1.29, 1.82) is 0 Å². The number of hydrogen-bond donors (Lipinski definition) is 0. The van der Waals surface area contributed by atoms with E-state index in [4.69, 9.17) is 4.98 Å². The summed E-state index contributed by atoms with van der Waals surface area (Å²) in [6.45, 7) is 10.4. The second kappa shape index (κ2) is 6.36. The van der Waals surface area contributed by atoms with E-state index in [0.717, 1.165) is 29.0 Å². The number of carbonyl (C=O) groups is 2. The molecule has 1 saturated heterocycles. The molecule has 3 fully saturated rings. The highest BCUT2D eigenvalue weighted by molar-refractivity contribution is 7.16. The van der Waals surface area contributed by atoms with Crippen molar-refractivity contribution in [3.05, 3.63) is 45.3 Å². The fourth-order valence-corrected chi connectivity index (χ4v) is 6.76. The van der Waals surface area contributed by atoms with Crippen LogP contribution in [0.5, 0.6) is 0 Å². The zero-order valence-corrected chi connectivity index (χ0v) is 18.4. The summed E-state index contributed by atoms with van der Waals surface area (Å²) in [5.74, 6) is 0.0620. The van der Waals surface area contributed by atoms with E-state index in [0.29, 0.717) is 5.13 Å². The maximum Gasteiger partial charge on any atom is 0.240 e. The molecule has 2 aliphatic carbocycles. The quantitative estimate of drug-likeness (QED) is 0.508. The molecule has 1 aromatic carbocycles. The molecule has 2 amide bonds. The summed E-state index contributed by atoms with van der Waals surface area (Å²) in [6.07, 6.45) is 2.06. The number of benzene rings is 1. The lowest BCUT2D eigenvalue weighted by Gasteiger charge is -2.18. The molecule has 2 aromatic rings. The average Bonchev–Trinajstić information content (AvgIpc) is 3.39. The Hall–Kier alpha value is -2.27. The van der Waals surface area contributed by atoms with E-state index >= 15 is 0 Å².